The Morgan fingerprint density at radius 1 is 1.37 bits per heavy atom. The fourth-order valence-electron chi connectivity index (χ4n) is 1.63. The monoisotopic (exact) mass is 276 g/mol. The lowest BCUT2D eigenvalue weighted by Crippen LogP contribution is -2.28. The number of hydrogen-bond donors (Lipinski definition) is 2. The number of carbonyl (C=O) groups excluding carboxylic acids is 1. The van der Waals surface area contributed by atoms with E-state index in [2.05, 4.69) is 10.3 Å². The zero-order valence-corrected chi connectivity index (χ0v) is 11.0. The molecule has 0 aliphatic rings. The van der Waals surface area contributed by atoms with Crippen molar-refractivity contribution in [3.8, 4) is 0 Å². The van der Waals surface area contributed by atoms with Gasteiger partial charge in [0.2, 0.25) is 0 Å². The highest BCUT2D eigenvalue weighted by molar-refractivity contribution is 7.10. The Hall–Kier alpha value is -2.21. The first-order valence-corrected chi connectivity index (χ1v) is 6.50. The lowest BCUT2D eigenvalue weighted by Gasteiger charge is -2.12. The molecule has 2 aromatic rings. The minimum atomic E-state index is -1.16. The molecule has 2 heterocycles. The van der Waals surface area contributed by atoms with Gasteiger partial charge in [0.15, 0.2) is 0 Å². The van der Waals surface area contributed by atoms with Crippen molar-refractivity contribution in [2.75, 3.05) is 0 Å². The molecule has 0 aromatic carbocycles. The van der Waals surface area contributed by atoms with Crippen LogP contribution in [0.1, 0.15) is 38.7 Å². The number of pyridine rings is 1. The second kappa shape index (κ2) is 5.62. The van der Waals surface area contributed by atoms with Crippen LogP contribution < -0.4 is 5.32 Å². The molecule has 0 saturated heterocycles. The van der Waals surface area contributed by atoms with Crippen LogP contribution in [0.15, 0.2) is 35.8 Å². The second-order valence-corrected chi connectivity index (χ2v) is 4.89. The number of carboxylic acid groups (broad SMARTS) is 1. The maximum atomic E-state index is 12.0. The van der Waals surface area contributed by atoms with Crippen LogP contribution in [0.3, 0.4) is 0 Å². The first-order chi connectivity index (χ1) is 9.09. The fourth-order valence-corrected chi connectivity index (χ4v) is 2.37. The Morgan fingerprint density at radius 3 is 2.79 bits per heavy atom. The number of rotatable bonds is 4. The first-order valence-electron chi connectivity index (χ1n) is 5.62. The summed E-state index contributed by atoms with van der Waals surface area (Å²) in [6, 6.07) is 6.47. The summed E-state index contributed by atoms with van der Waals surface area (Å²) in [7, 11) is 0. The molecule has 0 aliphatic carbocycles. The largest absolute Gasteiger partial charge is 0.478 e. The van der Waals surface area contributed by atoms with Crippen LogP contribution >= 0.6 is 11.3 Å². The van der Waals surface area contributed by atoms with Gasteiger partial charge in [-0.3, -0.25) is 9.78 Å². The Morgan fingerprint density at radius 2 is 2.16 bits per heavy atom. The van der Waals surface area contributed by atoms with E-state index in [-0.39, 0.29) is 17.3 Å². The number of aromatic nitrogens is 1. The van der Waals surface area contributed by atoms with Gasteiger partial charge in [0.25, 0.3) is 5.91 Å². The topological polar surface area (TPSA) is 79.3 Å². The van der Waals surface area contributed by atoms with Crippen molar-refractivity contribution in [2.24, 2.45) is 0 Å². The van der Waals surface area contributed by atoms with Crippen molar-refractivity contribution in [3.63, 3.8) is 0 Å². The van der Waals surface area contributed by atoms with Crippen LogP contribution in [0.4, 0.5) is 0 Å². The summed E-state index contributed by atoms with van der Waals surface area (Å²) >= 11 is 1.53. The van der Waals surface area contributed by atoms with Crippen LogP contribution in [0.2, 0.25) is 0 Å². The molecule has 2 N–H and O–H groups in total. The van der Waals surface area contributed by atoms with E-state index in [0.29, 0.717) is 0 Å². The number of aromatic carboxylic acids is 1. The zero-order chi connectivity index (χ0) is 13.8. The van der Waals surface area contributed by atoms with Crippen LogP contribution in [0, 0.1) is 0 Å². The van der Waals surface area contributed by atoms with Crippen molar-refractivity contribution in [1.82, 2.24) is 10.3 Å². The van der Waals surface area contributed by atoms with Crippen LogP contribution in [0.25, 0.3) is 0 Å². The number of nitrogens with zero attached hydrogens (tertiary/aromatic N) is 1. The molecule has 0 saturated carbocycles. The van der Waals surface area contributed by atoms with Gasteiger partial charge in [0, 0.05) is 11.1 Å². The molecule has 6 heteroatoms. The van der Waals surface area contributed by atoms with E-state index in [1.165, 1.54) is 29.7 Å². The van der Waals surface area contributed by atoms with E-state index in [4.69, 9.17) is 5.11 Å². The van der Waals surface area contributed by atoms with Crippen LogP contribution in [0.5, 0.6) is 0 Å². The number of hydrogen-bond acceptors (Lipinski definition) is 4. The zero-order valence-electron chi connectivity index (χ0n) is 10.2. The molecule has 1 atom stereocenters. The van der Waals surface area contributed by atoms with E-state index in [0.717, 1.165) is 4.88 Å². The highest BCUT2D eigenvalue weighted by Gasteiger charge is 2.19. The number of carboxylic acids is 1. The average molecular weight is 276 g/mol. The molecule has 0 spiro atoms. The third-order valence-electron chi connectivity index (χ3n) is 2.57. The number of amides is 1. The Balaban J connectivity index is 2.19. The standard InChI is InChI=1S/C13H12N2O3S/c1-8(10-5-3-7-19-10)15-12(16)11-9(13(17)18)4-2-6-14-11/h2-8H,1H3,(H,15,16)(H,17,18). The minimum absolute atomic E-state index is 0.0709. The quantitative estimate of drug-likeness (QED) is 0.898. The normalized spacial score (nSPS) is 11.8. The van der Waals surface area contributed by atoms with Crippen molar-refractivity contribution in [1.29, 1.82) is 0 Å². The molecule has 5 nitrogen and oxygen atoms in total. The predicted octanol–water partition coefficient (Wildman–Crippen LogP) is 2.33. The van der Waals surface area contributed by atoms with Crippen molar-refractivity contribution in [3.05, 3.63) is 52.0 Å². The molecule has 1 unspecified atom stereocenters. The summed E-state index contributed by atoms with van der Waals surface area (Å²) in [5.41, 5.74) is -0.170. The fraction of sp³-hybridized carbons (Fsp3) is 0.154. The third-order valence-corrected chi connectivity index (χ3v) is 3.63. The third kappa shape index (κ3) is 2.97. The van der Waals surface area contributed by atoms with Gasteiger partial charge in [0.1, 0.15) is 5.69 Å². The number of nitrogens with one attached hydrogen (secondary N) is 1. The lowest BCUT2D eigenvalue weighted by molar-refractivity contribution is 0.0689. The van der Waals surface area contributed by atoms with Crippen LogP contribution in [-0.4, -0.2) is 22.0 Å². The summed E-state index contributed by atoms with van der Waals surface area (Å²) in [6.45, 7) is 1.84. The van der Waals surface area contributed by atoms with Gasteiger partial charge < -0.3 is 10.4 Å². The van der Waals surface area contributed by atoms with E-state index in [1.807, 2.05) is 24.4 Å². The van der Waals surface area contributed by atoms with Gasteiger partial charge in [-0.25, -0.2) is 4.79 Å². The van der Waals surface area contributed by atoms with Gasteiger partial charge >= 0.3 is 5.97 Å². The molecule has 2 rings (SSSR count). The maximum Gasteiger partial charge on any atom is 0.338 e. The van der Waals surface area contributed by atoms with Crippen molar-refractivity contribution < 1.29 is 14.7 Å². The Kier molecular flexibility index (Phi) is 3.91. The smallest absolute Gasteiger partial charge is 0.338 e. The number of thiophene rings is 1. The molecule has 0 fully saturated rings. The Labute approximate surface area is 113 Å². The van der Waals surface area contributed by atoms with Gasteiger partial charge in [-0.2, -0.15) is 0 Å². The van der Waals surface area contributed by atoms with Crippen molar-refractivity contribution >= 4 is 23.2 Å². The molecule has 2 aromatic heterocycles. The van der Waals surface area contributed by atoms with E-state index in [9.17, 15) is 9.59 Å². The van der Waals surface area contributed by atoms with E-state index >= 15 is 0 Å². The first kappa shape index (κ1) is 13.2. The highest BCUT2D eigenvalue weighted by atomic mass is 32.1. The molecule has 19 heavy (non-hydrogen) atoms. The van der Waals surface area contributed by atoms with E-state index in [1.54, 1.807) is 0 Å². The lowest BCUT2D eigenvalue weighted by atomic mass is 10.1. The second-order valence-electron chi connectivity index (χ2n) is 3.92. The molecular formula is C13H12N2O3S. The maximum absolute atomic E-state index is 12.0. The molecule has 98 valence electrons. The number of carbonyl (C=O) groups is 2. The molecule has 1 amide bonds. The predicted molar refractivity (Wildman–Crippen MR) is 71.4 cm³/mol. The summed E-state index contributed by atoms with van der Waals surface area (Å²) in [6.07, 6.45) is 1.40. The molecule has 0 bridgehead atoms. The van der Waals surface area contributed by atoms with Gasteiger partial charge in [-0.05, 0) is 30.5 Å². The molecule has 0 aliphatic heterocycles. The highest BCUT2D eigenvalue weighted by Crippen LogP contribution is 2.18. The molecule has 0 radical (unpaired) electrons. The van der Waals surface area contributed by atoms with Gasteiger partial charge in [-0.1, -0.05) is 6.07 Å². The summed E-state index contributed by atoms with van der Waals surface area (Å²) < 4.78 is 0. The summed E-state index contributed by atoms with van der Waals surface area (Å²) in [5.74, 6) is -1.65. The van der Waals surface area contributed by atoms with Crippen molar-refractivity contribution in [2.45, 2.75) is 13.0 Å². The summed E-state index contributed by atoms with van der Waals surface area (Å²) in [4.78, 5) is 27.9. The van der Waals surface area contributed by atoms with Crippen LogP contribution in [-0.2, 0) is 0 Å². The Bertz CT molecular complexity index is 596. The van der Waals surface area contributed by atoms with E-state index < -0.39 is 11.9 Å². The summed E-state index contributed by atoms with van der Waals surface area (Å²) in [5, 5.41) is 13.7. The van der Waals surface area contributed by atoms with Gasteiger partial charge in [-0.15, -0.1) is 11.3 Å². The SMILES string of the molecule is CC(NC(=O)c1ncccc1C(=O)O)c1cccs1. The minimum Gasteiger partial charge on any atom is -0.478 e. The average Bonchev–Trinajstić information content (AvgIpc) is 2.92. The van der Waals surface area contributed by atoms with Gasteiger partial charge in [0.05, 0.1) is 11.6 Å². The molecular weight excluding hydrogens is 264 g/mol.